The SMILES string of the molecule is Cl.NCCC1CCCCN1C(=O)C1CCC(=O)NC1. The van der Waals surface area contributed by atoms with Crippen molar-refractivity contribution < 1.29 is 9.59 Å². The van der Waals surface area contributed by atoms with E-state index in [9.17, 15) is 9.59 Å². The van der Waals surface area contributed by atoms with Crippen LogP contribution >= 0.6 is 12.4 Å². The van der Waals surface area contributed by atoms with Gasteiger partial charge < -0.3 is 16.0 Å². The van der Waals surface area contributed by atoms with Crippen molar-refractivity contribution in [2.75, 3.05) is 19.6 Å². The fourth-order valence-corrected chi connectivity index (χ4v) is 2.96. The minimum atomic E-state index is -0.0268. The second-order valence-electron chi connectivity index (χ2n) is 5.30. The summed E-state index contributed by atoms with van der Waals surface area (Å²) in [6.45, 7) is 1.99. The van der Waals surface area contributed by atoms with Gasteiger partial charge in [-0.05, 0) is 38.6 Å². The fourth-order valence-electron chi connectivity index (χ4n) is 2.96. The quantitative estimate of drug-likeness (QED) is 0.802. The van der Waals surface area contributed by atoms with Gasteiger partial charge in [0, 0.05) is 25.6 Å². The number of likely N-dealkylation sites (tertiary alicyclic amines) is 1. The lowest BCUT2D eigenvalue weighted by atomic mass is 9.93. The maximum atomic E-state index is 12.5. The van der Waals surface area contributed by atoms with E-state index in [4.69, 9.17) is 5.73 Å². The van der Waals surface area contributed by atoms with Crippen LogP contribution in [-0.2, 0) is 9.59 Å². The zero-order chi connectivity index (χ0) is 13.0. The van der Waals surface area contributed by atoms with Crippen molar-refractivity contribution >= 4 is 24.2 Å². The highest BCUT2D eigenvalue weighted by Crippen LogP contribution is 2.23. The molecule has 0 bridgehead atoms. The molecule has 2 amide bonds. The number of nitrogens with one attached hydrogen (secondary N) is 1. The second kappa shape index (κ2) is 7.70. The van der Waals surface area contributed by atoms with E-state index in [0.717, 1.165) is 25.8 Å². The van der Waals surface area contributed by atoms with Crippen molar-refractivity contribution in [3.05, 3.63) is 0 Å². The molecule has 2 fully saturated rings. The molecule has 0 aromatic rings. The molecule has 5 nitrogen and oxygen atoms in total. The Hall–Kier alpha value is -0.810. The van der Waals surface area contributed by atoms with Crippen LogP contribution in [0.3, 0.4) is 0 Å². The predicted molar refractivity (Wildman–Crippen MR) is 76.0 cm³/mol. The Morgan fingerprint density at radius 3 is 2.79 bits per heavy atom. The number of hydrogen-bond donors (Lipinski definition) is 2. The molecule has 19 heavy (non-hydrogen) atoms. The summed E-state index contributed by atoms with van der Waals surface area (Å²) in [6, 6.07) is 0.314. The molecule has 6 heteroatoms. The molecule has 3 N–H and O–H groups in total. The Bertz CT molecular complexity index is 313. The van der Waals surface area contributed by atoms with Gasteiger partial charge in [0.05, 0.1) is 5.92 Å². The summed E-state index contributed by atoms with van der Waals surface area (Å²) in [5, 5.41) is 2.79. The predicted octanol–water partition coefficient (Wildman–Crippen LogP) is 0.664. The lowest BCUT2D eigenvalue weighted by molar-refractivity contribution is -0.141. The van der Waals surface area contributed by atoms with E-state index in [1.165, 1.54) is 6.42 Å². The molecule has 0 spiro atoms. The summed E-state index contributed by atoms with van der Waals surface area (Å²) in [7, 11) is 0. The molecule has 2 rings (SSSR count). The average Bonchev–Trinajstić information content (AvgIpc) is 2.40. The number of rotatable bonds is 3. The van der Waals surface area contributed by atoms with E-state index >= 15 is 0 Å². The van der Waals surface area contributed by atoms with E-state index in [-0.39, 0.29) is 30.1 Å². The molecule has 2 unspecified atom stereocenters. The first-order valence-electron chi connectivity index (χ1n) is 6.99. The topological polar surface area (TPSA) is 75.4 Å². The van der Waals surface area contributed by atoms with Crippen LogP contribution in [0.25, 0.3) is 0 Å². The largest absolute Gasteiger partial charge is 0.355 e. The maximum Gasteiger partial charge on any atom is 0.227 e. The van der Waals surface area contributed by atoms with Gasteiger partial charge in [-0.15, -0.1) is 12.4 Å². The Balaban J connectivity index is 0.00000180. The molecule has 2 heterocycles. The highest BCUT2D eigenvalue weighted by atomic mass is 35.5. The van der Waals surface area contributed by atoms with Gasteiger partial charge in [0.15, 0.2) is 0 Å². The van der Waals surface area contributed by atoms with Gasteiger partial charge in [0.2, 0.25) is 11.8 Å². The molecule has 110 valence electrons. The lowest BCUT2D eigenvalue weighted by Gasteiger charge is -2.38. The van der Waals surface area contributed by atoms with Gasteiger partial charge in [-0.3, -0.25) is 9.59 Å². The number of nitrogens with two attached hydrogens (primary N) is 1. The Morgan fingerprint density at radius 2 is 2.16 bits per heavy atom. The van der Waals surface area contributed by atoms with Gasteiger partial charge >= 0.3 is 0 Å². The van der Waals surface area contributed by atoms with Gasteiger partial charge in [0.1, 0.15) is 0 Å². The van der Waals surface area contributed by atoms with Crippen LogP contribution in [0, 0.1) is 5.92 Å². The van der Waals surface area contributed by atoms with Crippen LogP contribution in [0.1, 0.15) is 38.5 Å². The minimum absolute atomic E-state index is 0. The van der Waals surface area contributed by atoms with Gasteiger partial charge in [-0.2, -0.15) is 0 Å². The molecule has 2 atom stereocenters. The highest BCUT2D eigenvalue weighted by Gasteiger charge is 2.32. The summed E-state index contributed by atoms with van der Waals surface area (Å²) < 4.78 is 0. The summed E-state index contributed by atoms with van der Waals surface area (Å²) in [4.78, 5) is 25.6. The van der Waals surface area contributed by atoms with Crippen molar-refractivity contribution in [2.45, 2.75) is 44.6 Å². The summed E-state index contributed by atoms with van der Waals surface area (Å²) >= 11 is 0. The van der Waals surface area contributed by atoms with Crippen molar-refractivity contribution in [3.63, 3.8) is 0 Å². The standard InChI is InChI=1S/C13H23N3O2.ClH/c14-7-6-11-3-1-2-8-16(11)13(18)10-4-5-12(17)15-9-10;/h10-11H,1-9,14H2,(H,15,17);1H. The number of halogens is 1. The molecular weight excluding hydrogens is 266 g/mol. The lowest BCUT2D eigenvalue weighted by Crippen LogP contribution is -2.50. The number of amides is 2. The van der Waals surface area contributed by atoms with Crippen molar-refractivity contribution in [2.24, 2.45) is 11.7 Å². The third kappa shape index (κ3) is 4.08. The van der Waals surface area contributed by atoms with E-state index in [2.05, 4.69) is 5.32 Å². The fraction of sp³-hybridized carbons (Fsp3) is 0.846. The van der Waals surface area contributed by atoms with Crippen LogP contribution in [-0.4, -0.2) is 42.4 Å². The summed E-state index contributed by atoms with van der Waals surface area (Å²) in [6.07, 6.45) is 5.41. The number of carbonyl (C=O) groups is 2. The third-order valence-corrected chi connectivity index (χ3v) is 4.02. The Labute approximate surface area is 120 Å². The number of hydrogen-bond acceptors (Lipinski definition) is 3. The van der Waals surface area contributed by atoms with Crippen LogP contribution in [0.15, 0.2) is 0 Å². The van der Waals surface area contributed by atoms with Crippen molar-refractivity contribution in [1.29, 1.82) is 0 Å². The second-order valence-corrected chi connectivity index (χ2v) is 5.30. The molecule has 2 saturated heterocycles. The third-order valence-electron chi connectivity index (χ3n) is 4.02. The van der Waals surface area contributed by atoms with Gasteiger partial charge in [-0.25, -0.2) is 0 Å². The molecular formula is C13H24ClN3O2. The zero-order valence-electron chi connectivity index (χ0n) is 11.3. The highest BCUT2D eigenvalue weighted by molar-refractivity contribution is 5.85. The molecule has 0 saturated carbocycles. The van der Waals surface area contributed by atoms with E-state index in [0.29, 0.717) is 32.0 Å². The van der Waals surface area contributed by atoms with Crippen LogP contribution in [0.4, 0.5) is 0 Å². The molecule has 2 aliphatic heterocycles. The van der Waals surface area contributed by atoms with Gasteiger partial charge in [-0.1, -0.05) is 0 Å². The smallest absolute Gasteiger partial charge is 0.227 e. The van der Waals surface area contributed by atoms with E-state index in [1.807, 2.05) is 4.90 Å². The first-order chi connectivity index (χ1) is 8.72. The molecule has 0 aliphatic carbocycles. The molecule has 0 aromatic heterocycles. The van der Waals surface area contributed by atoms with Gasteiger partial charge in [0.25, 0.3) is 0 Å². The molecule has 2 aliphatic rings. The molecule has 0 aromatic carbocycles. The normalized spacial score (nSPS) is 27.4. The minimum Gasteiger partial charge on any atom is -0.355 e. The number of carbonyl (C=O) groups excluding carboxylic acids is 2. The first kappa shape index (κ1) is 16.2. The van der Waals surface area contributed by atoms with Crippen molar-refractivity contribution in [1.82, 2.24) is 10.2 Å². The van der Waals surface area contributed by atoms with Crippen LogP contribution in [0.2, 0.25) is 0 Å². The van der Waals surface area contributed by atoms with E-state index < -0.39 is 0 Å². The monoisotopic (exact) mass is 289 g/mol. The van der Waals surface area contributed by atoms with Crippen LogP contribution in [0.5, 0.6) is 0 Å². The number of nitrogens with zero attached hydrogens (tertiary/aromatic N) is 1. The molecule has 0 radical (unpaired) electrons. The first-order valence-corrected chi connectivity index (χ1v) is 6.99. The number of piperidine rings is 2. The Kier molecular flexibility index (Phi) is 6.58. The van der Waals surface area contributed by atoms with E-state index in [1.54, 1.807) is 0 Å². The zero-order valence-corrected chi connectivity index (χ0v) is 12.1. The Morgan fingerprint density at radius 1 is 1.37 bits per heavy atom. The average molecular weight is 290 g/mol. The van der Waals surface area contributed by atoms with Crippen LogP contribution < -0.4 is 11.1 Å². The summed E-state index contributed by atoms with van der Waals surface area (Å²) in [5.41, 5.74) is 5.62. The maximum absolute atomic E-state index is 12.5. The van der Waals surface area contributed by atoms with Crippen molar-refractivity contribution in [3.8, 4) is 0 Å². The summed E-state index contributed by atoms with van der Waals surface area (Å²) in [5.74, 6) is 0.255.